The molecule has 7 nitrogen and oxygen atoms in total. The van der Waals surface area contributed by atoms with Crippen molar-refractivity contribution in [3.8, 4) is 5.75 Å². The fraction of sp³-hybridized carbons (Fsp3) is 0.476. The van der Waals surface area contributed by atoms with Gasteiger partial charge in [-0.3, -0.25) is 4.99 Å². The molecule has 0 spiro atoms. The normalized spacial score (nSPS) is 12.1. The maximum absolute atomic E-state index is 12.0. The molecule has 9 heteroatoms. The number of carbonyl (C=O) groups excluding carboxylic acids is 1. The topological polar surface area (TPSA) is 95.8 Å². The van der Waals surface area contributed by atoms with Crippen LogP contribution in [0.3, 0.4) is 0 Å². The second-order valence-electron chi connectivity index (χ2n) is 6.58. The summed E-state index contributed by atoms with van der Waals surface area (Å²) in [5, 5.41) is 16.8. The molecule has 0 aliphatic carbocycles. The predicted octanol–water partition coefficient (Wildman–Crippen LogP) is 4.20. The van der Waals surface area contributed by atoms with Crippen molar-refractivity contribution in [2.24, 2.45) is 4.99 Å². The zero-order valence-corrected chi connectivity index (χ0v) is 21.0. The van der Waals surface area contributed by atoms with E-state index in [0.717, 1.165) is 30.4 Å². The van der Waals surface area contributed by atoms with Gasteiger partial charge in [-0.15, -0.1) is 35.3 Å². The summed E-state index contributed by atoms with van der Waals surface area (Å²) in [6.07, 6.45) is 1.80. The number of benzene rings is 1. The van der Waals surface area contributed by atoms with Crippen LogP contribution in [-0.2, 0) is 11.2 Å². The number of carbonyl (C=O) groups is 1. The van der Waals surface area contributed by atoms with E-state index in [9.17, 15) is 9.90 Å². The van der Waals surface area contributed by atoms with Crippen LogP contribution >= 0.6 is 35.3 Å². The van der Waals surface area contributed by atoms with E-state index in [1.165, 1.54) is 16.9 Å². The Morgan fingerprint density at radius 2 is 2.00 bits per heavy atom. The number of thiazole rings is 1. The van der Waals surface area contributed by atoms with E-state index in [-0.39, 0.29) is 41.7 Å². The van der Waals surface area contributed by atoms with E-state index in [1.807, 2.05) is 32.9 Å². The first-order chi connectivity index (χ1) is 13.9. The highest BCUT2D eigenvalue weighted by atomic mass is 127. The van der Waals surface area contributed by atoms with Crippen molar-refractivity contribution in [1.29, 1.82) is 0 Å². The Labute approximate surface area is 199 Å². The molecular formula is C21H31IN4O3S. The monoisotopic (exact) mass is 546 g/mol. The highest BCUT2D eigenvalue weighted by Crippen LogP contribution is 2.24. The number of ether oxygens (including phenoxy) is 1. The number of aromatic nitrogens is 1. The molecule has 1 unspecified atom stereocenters. The van der Waals surface area contributed by atoms with Gasteiger partial charge >= 0.3 is 5.97 Å². The molecule has 0 saturated carbocycles. The molecule has 166 valence electrons. The minimum Gasteiger partial charge on any atom is -0.508 e. The van der Waals surface area contributed by atoms with Gasteiger partial charge in [0.25, 0.3) is 0 Å². The van der Waals surface area contributed by atoms with Crippen LogP contribution in [0.5, 0.6) is 5.75 Å². The van der Waals surface area contributed by atoms with E-state index in [2.05, 4.69) is 20.6 Å². The molecule has 1 heterocycles. The Morgan fingerprint density at radius 3 is 2.63 bits per heavy atom. The Kier molecular flexibility index (Phi) is 11.7. The van der Waals surface area contributed by atoms with Crippen LogP contribution in [0, 0.1) is 6.92 Å². The molecule has 30 heavy (non-hydrogen) atoms. The lowest BCUT2D eigenvalue weighted by atomic mass is 10.1. The molecule has 3 N–H and O–H groups in total. The molecule has 1 aromatic heterocycles. The summed E-state index contributed by atoms with van der Waals surface area (Å²) in [4.78, 5) is 21.7. The van der Waals surface area contributed by atoms with Gasteiger partial charge in [-0.2, -0.15) is 0 Å². The quantitative estimate of drug-likeness (QED) is 0.144. The van der Waals surface area contributed by atoms with Gasteiger partial charge in [-0.25, -0.2) is 9.78 Å². The number of aliphatic imine (C=N–C) groups is 1. The first kappa shape index (κ1) is 26.2. The molecule has 0 bridgehead atoms. The fourth-order valence-corrected chi connectivity index (χ4v) is 3.68. The summed E-state index contributed by atoms with van der Waals surface area (Å²) in [5.74, 6) is 0.676. The first-order valence-electron chi connectivity index (χ1n) is 9.91. The third-order valence-electron chi connectivity index (χ3n) is 4.17. The number of phenols is 1. The van der Waals surface area contributed by atoms with Crippen LogP contribution in [0.25, 0.3) is 0 Å². The van der Waals surface area contributed by atoms with Crippen LogP contribution in [0.15, 0.2) is 29.3 Å². The molecule has 2 aromatic rings. The standard InChI is InChI=1S/C21H30N4O3S.HI/c1-5-22-21(23-13-7-8-16-9-11-17(26)12-10-16)25-15(4)19-24-14(3)18(29-19)20(27)28-6-2;/h9-12,15,26H,5-8,13H2,1-4H3,(H2,22,23,25);1H. The van der Waals surface area contributed by atoms with Crippen molar-refractivity contribution in [3.63, 3.8) is 0 Å². The number of nitrogens with zero attached hydrogens (tertiary/aromatic N) is 2. The second kappa shape index (κ2) is 13.4. The lowest BCUT2D eigenvalue weighted by Gasteiger charge is -2.16. The lowest BCUT2D eigenvalue weighted by Crippen LogP contribution is -2.38. The highest BCUT2D eigenvalue weighted by molar-refractivity contribution is 14.0. The predicted molar refractivity (Wildman–Crippen MR) is 132 cm³/mol. The number of hydrogen-bond donors (Lipinski definition) is 3. The van der Waals surface area contributed by atoms with Crippen LogP contribution in [0.4, 0.5) is 0 Å². The zero-order valence-electron chi connectivity index (χ0n) is 17.9. The molecule has 0 amide bonds. The third kappa shape index (κ3) is 8.10. The number of nitrogens with one attached hydrogen (secondary N) is 2. The van der Waals surface area contributed by atoms with Gasteiger partial charge in [0.05, 0.1) is 18.3 Å². The second-order valence-corrected chi connectivity index (χ2v) is 7.61. The van der Waals surface area contributed by atoms with E-state index in [0.29, 0.717) is 23.7 Å². The number of guanidine groups is 1. The summed E-state index contributed by atoms with van der Waals surface area (Å²) in [6, 6.07) is 7.17. The summed E-state index contributed by atoms with van der Waals surface area (Å²) in [7, 11) is 0. The lowest BCUT2D eigenvalue weighted by molar-refractivity contribution is 0.0531. The smallest absolute Gasteiger partial charge is 0.350 e. The van der Waals surface area contributed by atoms with E-state index in [4.69, 9.17) is 4.74 Å². The van der Waals surface area contributed by atoms with E-state index in [1.54, 1.807) is 19.1 Å². The van der Waals surface area contributed by atoms with Crippen molar-refractivity contribution in [2.45, 2.75) is 46.6 Å². The third-order valence-corrected chi connectivity index (χ3v) is 5.49. The van der Waals surface area contributed by atoms with Crippen LogP contribution in [0.2, 0.25) is 0 Å². The van der Waals surface area contributed by atoms with Crippen LogP contribution < -0.4 is 10.6 Å². The van der Waals surface area contributed by atoms with Gasteiger partial charge in [-0.1, -0.05) is 12.1 Å². The van der Waals surface area contributed by atoms with E-state index >= 15 is 0 Å². The molecule has 1 atom stereocenters. The van der Waals surface area contributed by atoms with Gasteiger partial charge in [-0.05, 0) is 58.2 Å². The first-order valence-corrected chi connectivity index (χ1v) is 10.7. The van der Waals surface area contributed by atoms with Crippen molar-refractivity contribution >= 4 is 47.2 Å². The minimum atomic E-state index is -0.323. The number of rotatable bonds is 9. The van der Waals surface area contributed by atoms with Crippen molar-refractivity contribution in [3.05, 3.63) is 45.4 Å². The molecule has 0 aliphatic heterocycles. The van der Waals surface area contributed by atoms with Crippen LogP contribution in [-0.4, -0.2) is 41.7 Å². The molecule has 0 fully saturated rings. The molecule has 2 rings (SSSR count). The molecule has 1 aromatic carbocycles. The number of esters is 1. The van der Waals surface area contributed by atoms with Gasteiger partial charge in [0.15, 0.2) is 5.96 Å². The molecule has 0 aliphatic rings. The van der Waals surface area contributed by atoms with Crippen molar-refractivity contribution in [1.82, 2.24) is 15.6 Å². The molecule has 0 saturated heterocycles. The highest BCUT2D eigenvalue weighted by Gasteiger charge is 2.20. The van der Waals surface area contributed by atoms with Gasteiger partial charge < -0.3 is 20.5 Å². The molecular weight excluding hydrogens is 515 g/mol. The van der Waals surface area contributed by atoms with Gasteiger partial charge in [0.1, 0.15) is 15.6 Å². The molecule has 0 radical (unpaired) electrons. The summed E-state index contributed by atoms with van der Waals surface area (Å²) < 4.78 is 5.09. The van der Waals surface area contributed by atoms with Crippen LogP contribution in [0.1, 0.15) is 59.2 Å². The largest absolute Gasteiger partial charge is 0.508 e. The van der Waals surface area contributed by atoms with Crippen molar-refractivity contribution in [2.75, 3.05) is 19.7 Å². The average Bonchev–Trinajstić information content (AvgIpc) is 3.09. The Balaban J connectivity index is 0.00000450. The summed E-state index contributed by atoms with van der Waals surface area (Å²) in [6.45, 7) is 9.40. The summed E-state index contributed by atoms with van der Waals surface area (Å²) >= 11 is 1.35. The average molecular weight is 546 g/mol. The zero-order chi connectivity index (χ0) is 21.2. The maximum Gasteiger partial charge on any atom is 0.350 e. The number of aromatic hydroxyl groups is 1. The van der Waals surface area contributed by atoms with Gasteiger partial charge in [0.2, 0.25) is 0 Å². The summed E-state index contributed by atoms with van der Waals surface area (Å²) in [5.41, 5.74) is 1.86. The van der Waals surface area contributed by atoms with Gasteiger partial charge in [0, 0.05) is 13.1 Å². The number of hydrogen-bond acceptors (Lipinski definition) is 6. The SMILES string of the molecule is CCNC(=NCCCc1ccc(O)cc1)NC(C)c1nc(C)c(C(=O)OCC)s1.I. The Bertz CT molecular complexity index is 824. The van der Waals surface area contributed by atoms with Crippen molar-refractivity contribution < 1.29 is 14.6 Å². The minimum absolute atomic E-state index is 0. The number of aryl methyl sites for hydroxylation is 2. The fourth-order valence-electron chi connectivity index (χ4n) is 2.71. The Morgan fingerprint density at radius 1 is 1.30 bits per heavy atom. The number of halogens is 1. The number of phenolic OH excluding ortho intramolecular Hbond substituents is 1. The maximum atomic E-state index is 12.0. The Hall–Kier alpha value is -1.88. The van der Waals surface area contributed by atoms with E-state index < -0.39 is 0 Å².